The minimum atomic E-state index is 0. The van der Waals surface area contributed by atoms with Gasteiger partial charge in [-0.25, -0.2) is 0 Å². The maximum atomic E-state index is 6.16. The Kier molecular flexibility index (Phi) is 9.96. The summed E-state index contributed by atoms with van der Waals surface area (Å²) < 4.78 is 0. The van der Waals surface area contributed by atoms with Crippen LogP contribution in [0, 0.1) is 5.92 Å². The summed E-state index contributed by atoms with van der Waals surface area (Å²) in [5.41, 5.74) is 9.64. The lowest BCUT2D eigenvalue weighted by atomic mass is 9.88. The van der Waals surface area contributed by atoms with E-state index in [-0.39, 0.29) is 24.8 Å². The fourth-order valence-corrected chi connectivity index (χ4v) is 3.63. The standard InChI is InChI=1S/C21H28N2.2ClH/c22-20-14-8-7-13-19(20)15-21(18-11-5-2-6-12-18)23-16-17-9-3-1-4-10-17;;/h2,5-8,11-14,17,21,23H,1,3-4,9-10,15-16,22H2;2*1H. The van der Waals surface area contributed by atoms with Crippen LogP contribution < -0.4 is 11.1 Å². The number of nitrogens with one attached hydrogen (secondary N) is 1. The number of rotatable bonds is 6. The molecule has 0 spiro atoms. The number of nitrogens with two attached hydrogens (primary N) is 1. The molecule has 0 aromatic heterocycles. The first-order valence-electron chi connectivity index (χ1n) is 8.94. The first kappa shape index (κ1) is 21.8. The van der Waals surface area contributed by atoms with E-state index in [2.05, 4.69) is 47.8 Å². The van der Waals surface area contributed by atoms with Crippen molar-refractivity contribution in [2.24, 2.45) is 5.92 Å². The average Bonchev–Trinajstić information content (AvgIpc) is 2.62. The maximum Gasteiger partial charge on any atom is 0.0361 e. The van der Waals surface area contributed by atoms with Gasteiger partial charge in [-0.15, -0.1) is 24.8 Å². The predicted octanol–water partition coefficient (Wildman–Crippen LogP) is 5.57. The smallest absolute Gasteiger partial charge is 0.0361 e. The molecule has 0 amide bonds. The van der Waals surface area contributed by atoms with Crippen LogP contribution in [-0.2, 0) is 6.42 Å². The second-order valence-electron chi connectivity index (χ2n) is 6.78. The Labute approximate surface area is 164 Å². The van der Waals surface area contributed by atoms with Gasteiger partial charge in [0.25, 0.3) is 0 Å². The van der Waals surface area contributed by atoms with E-state index >= 15 is 0 Å². The molecule has 2 aromatic carbocycles. The first-order chi connectivity index (χ1) is 11.3. The van der Waals surface area contributed by atoms with Crippen molar-refractivity contribution < 1.29 is 0 Å². The van der Waals surface area contributed by atoms with Crippen LogP contribution in [0.3, 0.4) is 0 Å². The van der Waals surface area contributed by atoms with Crippen LogP contribution in [0.5, 0.6) is 0 Å². The maximum absolute atomic E-state index is 6.16. The predicted molar refractivity (Wildman–Crippen MR) is 113 cm³/mol. The fourth-order valence-electron chi connectivity index (χ4n) is 3.63. The lowest BCUT2D eigenvalue weighted by Crippen LogP contribution is -2.30. The third kappa shape index (κ3) is 6.54. The molecule has 3 rings (SSSR count). The van der Waals surface area contributed by atoms with E-state index in [0.717, 1.165) is 24.6 Å². The van der Waals surface area contributed by atoms with Crippen molar-refractivity contribution in [1.82, 2.24) is 5.32 Å². The van der Waals surface area contributed by atoms with E-state index in [1.807, 2.05) is 12.1 Å². The van der Waals surface area contributed by atoms with Crippen molar-refractivity contribution in [2.75, 3.05) is 12.3 Å². The molecule has 1 atom stereocenters. The summed E-state index contributed by atoms with van der Waals surface area (Å²) in [6, 6.07) is 19.3. The van der Waals surface area contributed by atoms with Gasteiger partial charge >= 0.3 is 0 Å². The number of para-hydroxylation sites is 1. The average molecular weight is 381 g/mol. The molecule has 0 heterocycles. The summed E-state index contributed by atoms with van der Waals surface area (Å²) in [6.45, 7) is 1.12. The summed E-state index contributed by atoms with van der Waals surface area (Å²) in [7, 11) is 0. The topological polar surface area (TPSA) is 38.0 Å². The second-order valence-corrected chi connectivity index (χ2v) is 6.78. The first-order valence-corrected chi connectivity index (χ1v) is 8.94. The molecule has 4 heteroatoms. The van der Waals surface area contributed by atoms with E-state index < -0.39 is 0 Å². The quantitative estimate of drug-likeness (QED) is 0.643. The molecule has 3 N–H and O–H groups in total. The molecule has 0 saturated heterocycles. The molecule has 138 valence electrons. The zero-order valence-electron chi connectivity index (χ0n) is 14.7. The van der Waals surface area contributed by atoms with Gasteiger partial charge in [0, 0.05) is 11.7 Å². The Hall–Kier alpha value is -1.22. The lowest BCUT2D eigenvalue weighted by molar-refractivity contribution is 0.327. The molecule has 1 aliphatic carbocycles. The normalized spacial score (nSPS) is 15.7. The molecule has 1 unspecified atom stereocenters. The monoisotopic (exact) mass is 380 g/mol. The van der Waals surface area contributed by atoms with Crippen LogP contribution in [0.2, 0.25) is 0 Å². The van der Waals surface area contributed by atoms with E-state index in [0.29, 0.717) is 6.04 Å². The number of benzene rings is 2. The summed E-state index contributed by atoms with van der Waals surface area (Å²) in [4.78, 5) is 0. The SMILES string of the molecule is Cl.Cl.Nc1ccccc1CC(NCC1CCCCC1)c1ccccc1. The third-order valence-electron chi connectivity index (χ3n) is 5.06. The molecular weight excluding hydrogens is 351 g/mol. The Morgan fingerprint density at radius 1 is 0.880 bits per heavy atom. The van der Waals surface area contributed by atoms with Crippen molar-refractivity contribution in [3.8, 4) is 0 Å². The largest absolute Gasteiger partial charge is 0.399 e. The highest BCUT2D eigenvalue weighted by atomic mass is 35.5. The molecular formula is C21H30Cl2N2. The van der Waals surface area contributed by atoms with Crippen LogP contribution in [0.4, 0.5) is 5.69 Å². The van der Waals surface area contributed by atoms with Crippen LogP contribution in [0.25, 0.3) is 0 Å². The van der Waals surface area contributed by atoms with Gasteiger partial charge in [0.1, 0.15) is 0 Å². The van der Waals surface area contributed by atoms with Crippen LogP contribution in [-0.4, -0.2) is 6.54 Å². The lowest BCUT2D eigenvalue weighted by Gasteiger charge is -2.26. The highest BCUT2D eigenvalue weighted by Gasteiger charge is 2.17. The van der Waals surface area contributed by atoms with E-state index in [4.69, 9.17) is 5.73 Å². The highest BCUT2D eigenvalue weighted by molar-refractivity contribution is 5.85. The summed E-state index contributed by atoms with van der Waals surface area (Å²) in [6.07, 6.45) is 7.91. The van der Waals surface area contributed by atoms with E-state index in [1.54, 1.807) is 0 Å². The Morgan fingerprint density at radius 2 is 1.52 bits per heavy atom. The van der Waals surface area contributed by atoms with Gasteiger partial charge in [-0.1, -0.05) is 67.8 Å². The third-order valence-corrected chi connectivity index (χ3v) is 5.06. The Balaban J connectivity index is 0.00000156. The van der Waals surface area contributed by atoms with Crippen molar-refractivity contribution in [1.29, 1.82) is 0 Å². The molecule has 1 aliphatic rings. The molecule has 2 aromatic rings. The molecule has 25 heavy (non-hydrogen) atoms. The van der Waals surface area contributed by atoms with Gasteiger partial charge in [0.2, 0.25) is 0 Å². The number of hydrogen-bond donors (Lipinski definition) is 2. The van der Waals surface area contributed by atoms with Crippen molar-refractivity contribution in [3.63, 3.8) is 0 Å². The van der Waals surface area contributed by atoms with Crippen LogP contribution in [0.15, 0.2) is 54.6 Å². The number of halogens is 2. The molecule has 0 radical (unpaired) electrons. The Morgan fingerprint density at radius 3 is 2.20 bits per heavy atom. The van der Waals surface area contributed by atoms with Crippen LogP contribution in [0.1, 0.15) is 49.3 Å². The Bertz CT molecular complexity index is 598. The van der Waals surface area contributed by atoms with Gasteiger partial charge in [0.15, 0.2) is 0 Å². The highest BCUT2D eigenvalue weighted by Crippen LogP contribution is 2.26. The van der Waals surface area contributed by atoms with Gasteiger partial charge in [-0.3, -0.25) is 0 Å². The van der Waals surface area contributed by atoms with E-state index in [9.17, 15) is 0 Å². The zero-order chi connectivity index (χ0) is 15.9. The molecule has 0 aliphatic heterocycles. The van der Waals surface area contributed by atoms with E-state index in [1.165, 1.54) is 43.2 Å². The van der Waals surface area contributed by atoms with Crippen molar-refractivity contribution >= 4 is 30.5 Å². The summed E-state index contributed by atoms with van der Waals surface area (Å²) >= 11 is 0. The second kappa shape index (κ2) is 11.4. The number of hydrogen-bond acceptors (Lipinski definition) is 2. The van der Waals surface area contributed by atoms with Crippen molar-refractivity contribution in [2.45, 2.75) is 44.6 Å². The minimum absolute atomic E-state index is 0. The minimum Gasteiger partial charge on any atom is -0.399 e. The summed E-state index contributed by atoms with van der Waals surface area (Å²) in [5.74, 6) is 0.836. The molecule has 2 nitrogen and oxygen atoms in total. The fraction of sp³-hybridized carbons (Fsp3) is 0.429. The van der Waals surface area contributed by atoms with Gasteiger partial charge in [0.05, 0.1) is 0 Å². The molecule has 1 fully saturated rings. The number of nitrogen functional groups attached to an aromatic ring is 1. The zero-order valence-corrected chi connectivity index (χ0v) is 16.3. The number of anilines is 1. The van der Waals surface area contributed by atoms with Crippen LogP contribution >= 0.6 is 24.8 Å². The molecule has 1 saturated carbocycles. The van der Waals surface area contributed by atoms with Gasteiger partial charge < -0.3 is 11.1 Å². The molecule has 0 bridgehead atoms. The van der Waals surface area contributed by atoms with Gasteiger partial charge in [-0.2, -0.15) is 0 Å². The summed E-state index contributed by atoms with van der Waals surface area (Å²) in [5, 5.41) is 3.83. The van der Waals surface area contributed by atoms with Gasteiger partial charge in [-0.05, 0) is 48.9 Å². The van der Waals surface area contributed by atoms with Crippen molar-refractivity contribution in [3.05, 3.63) is 65.7 Å².